The number of likely N-dealkylation sites (N-methyl/N-ethyl adjacent to an activating group) is 1. The molecular weight excluding hydrogens is 270 g/mol. The van der Waals surface area contributed by atoms with Crippen LogP contribution in [-0.4, -0.2) is 54.8 Å². The summed E-state index contributed by atoms with van der Waals surface area (Å²) in [5.41, 5.74) is 10.6. The summed E-state index contributed by atoms with van der Waals surface area (Å²) >= 11 is 0. The van der Waals surface area contributed by atoms with Crippen molar-refractivity contribution in [3.63, 3.8) is 0 Å². The van der Waals surface area contributed by atoms with E-state index in [0.29, 0.717) is 32.5 Å². The molecule has 0 aliphatic rings. The van der Waals surface area contributed by atoms with Crippen molar-refractivity contribution in [3.05, 3.63) is 0 Å². The van der Waals surface area contributed by atoms with Crippen molar-refractivity contribution in [2.24, 2.45) is 11.5 Å². The van der Waals surface area contributed by atoms with Crippen LogP contribution in [0.25, 0.3) is 0 Å². The Hall–Kier alpha value is -1.63. The summed E-state index contributed by atoms with van der Waals surface area (Å²) in [7, 11) is 0. The van der Waals surface area contributed by atoms with Gasteiger partial charge in [-0.05, 0) is 26.3 Å². The van der Waals surface area contributed by atoms with Crippen molar-refractivity contribution in [1.82, 2.24) is 10.2 Å². The predicted molar refractivity (Wildman–Crippen MR) is 83.5 cm³/mol. The molecule has 0 rings (SSSR count). The molecule has 1 atom stereocenters. The Balaban J connectivity index is 4.68. The molecule has 7 nitrogen and oxygen atoms in total. The number of nitrogens with one attached hydrogen (secondary N) is 2. The molecule has 0 saturated heterocycles. The van der Waals surface area contributed by atoms with Gasteiger partial charge in [-0.2, -0.15) is 0 Å². The number of Topliss-reactive ketones (excluding diaryl/α,β-unsaturated/α-hetero) is 1. The minimum Gasteiger partial charge on any atom is -0.331 e. The summed E-state index contributed by atoms with van der Waals surface area (Å²) in [4.78, 5) is 28.5. The van der Waals surface area contributed by atoms with E-state index in [1.54, 1.807) is 4.90 Å². The van der Waals surface area contributed by atoms with Gasteiger partial charge < -0.3 is 10.2 Å². The molecule has 0 aliphatic heterocycles. The van der Waals surface area contributed by atoms with E-state index in [1.807, 2.05) is 13.8 Å². The normalized spacial score (nSPS) is 11.8. The van der Waals surface area contributed by atoms with E-state index in [1.165, 1.54) is 6.92 Å². The zero-order valence-corrected chi connectivity index (χ0v) is 13.4. The maximum atomic E-state index is 12.1. The van der Waals surface area contributed by atoms with Gasteiger partial charge in [-0.25, -0.2) is 0 Å². The topological polar surface area (TPSA) is 115 Å². The maximum Gasteiger partial charge on any atom is 0.338 e. The standard InChI is InChI=1S/C14H29N5O2/c1-4-13(21)19(10-9-17-5-2)12(11(3)20)7-6-8-18-14(15)16/h12,17H,4-10H2,1-3H3,(H4,15,16,18)/p+1. The minimum absolute atomic E-state index is 0.00552. The highest BCUT2D eigenvalue weighted by atomic mass is 16.2. The SMILES string of the molecule is CCNCCN(C(=O)CC)C(CCC[NH+]=C(N)N)C(C)=O. The van der Waals surface area contributed by atoms with Crippen LogP contribution in [-0.2, 0) is 9.59 Å². The second kappa shape index (κ2) is 11.1. The zero-order chi connectivity index (χ0) is 16.3. The number of ketones is 1. The number of nitrogens with two attached hydrogens (primary N) is 2. The number of hydrogen-bond donors (Lipinski definition) is 4. The Morgan fingerprint density at radius 1 is 1.29 bits per heavy atom. The van der Waals surface area contributed by atoms with Gasteiger partial charge in [0.1, 0.15) is 0 Å². The van der Waals surface area contributed by atoms with Gasteiger partial charge in [0, 0.05) is 19.5 Å². The fourth-order valence-electron chi connectivity index (χ4n) is 2.14. The van der Waals surface area contributed by atoms with Gasteiger partial charge in [0.15, 0.2) is 5.78 Å². The second-order valence-corrected chi connectivity index (χ2v) is 4.95. The van der Waals surface area contributed by atoms with E-state index < -0.39 is 0 Å². The van der Waals surface area contributed by atoms with Crippen LogP contribution in [0.15, 0.2) is 0 Å². The second-order valence-electron chi connectivity index (χ2n) is 4.95. The van der Waals surface area contributed by atoms with Gasteiger partial charge in [0.05, 0.1) is 12.6 Å². The molecule has 0 spiro atoms. The number of carbonyl (C=O) groups is 2. The lowest BCUT2D eigenvalue weighted by Crippen LogP contribution is -2.78. The van der Waals surface area contributed by atoms with E-state index in [-0.39, 0.29) is 23.7 Å². The van der Waals surface area contributed by atoms with Crippen LogP contribution in [0.1, 0.15) is 40.0 Å². The summed E-state index contributed by atoms with van der Waals surface area (Å²) in [6, 6.07) is -0.378. The van der Waals surface area contributed by atoms with E-state index in [4.69, 9.17) is 11.5 Å². The molecule has 0 fully saturated rings. The van der Waals surface area contributed by atoms with Gasteiger partial charge in [-0.15, -0.1) is 0 Å². The highest BCUT2D eigenvalue weighted by molar-refractivity contribution is 5.87. The molecule has 7 heteroatoms. The average Bonchev–Trinajstić information content (AvgIpc) is 2.43. The third-order valence-electron chi connectivity index (χ3n) is 3.23. The zero-order valence-electron chi connectivity index (χ0n) is 13.4. The molecule has 0 aliphatic carbocycles. The fourth-order valence-corrected chi connectivity index (χ4v) is 2.14. The molecule has 122 valence electrons. The first kappa shape index (κ1) is 19.4. The lowest BCUT2D eigenvalue weighted by atomic mass is 10.0. The summed E-state index contributed by atoms with van der Waals surface area (Å²) < 4.78 is 0. The first-order valence-electron chi connectivity index (χ1n) is 7.56. The van der Waals surface area contributed by atoms with Crippen molar-refractivity contribution >= 4 is 17.6 Å². The maximum absolute atomic E-state index is 12.1. The van der Waals surface area contributed by atoms with Crippen LogP contribution in [0.4, 0.5) is 0 Å². The molecule has 1 amide bonds. The number of carbonyl (C=O) groups excluding carboxylic acids is 2. The molecule has 1 unspecified atom stereocenters. The van der Waals surface area contributed by atoms with Crippen molar-refractivity contribution in [3.8, 4) is 0 Å². The van der Waals surface area contributed by atoms with E-state index >= 15 is 0 Å². The Kier molecular flexibility index (Phi) is 10.2. The van der Waals surface area contributed by atoms with Crippen molar-refractivity contribution in [1.29, 1.82) is 0 Å². The minimum atomic E-state index is -0.378. The lowest BCUT2D eigenvalue weighted by molar-refractivity contribution is -0.459. The first-order chi connectivity index (χ1) is 9.93. The van der Waals surface area contributed by atoms with Crippen LogP contribution in [0.3, 0.4) is 0 Å². The molecule has 0 aromatic carbocycles. The van der Waals surface area contributed by atoms with Gasteiger partial charge in [-0.3, -0.25) is 26.0 Å². The predicted octanol–water partition coefficient (Wildman–Crippen LogP) is -2.07. The molecule has 0 bridgehead atoms. The van der Waals surface area contributed by atoms with E-state index in [2.05, 4.69) is 10.3 Å². The van der Waals surface area contributed by atoms with Crippen molar-refractivity contribution < 1.29 is 14.6 Å². The molecule has 0 aromatic rings. The third-order valence-corrected chi connectivity index (χ3v) is 3.23. The molecule has 0 aromatic heterocycles. The average molecular weight is 300 g/mol. The first-order valence-corrected chi connectivity index (χ1v) is 7.56. The Labute approximate surface area is 127 Å². The third kappa shape index (κ3) is 8.29. The number of amides is 1. The van der Waals surface area contributed by atoms with Crippen molar-refractivity contribution in [2.75, 3.05) is 26.2 Å². The lowest BCUT2D eigenvalue weighted by Gasteiger charge is -2.30. The van der Waals surface area contributed by atoms with Gasteiger partial charge in [0.2, 0.25) is 5.91 Å². The highest BCUT2D eigenvalue weighted by Gasteiger charge is 2.25. The van der Waals surface area contributed by atoms with E-state index in [0.717, 1.165) is 13.0 Å². The van der Waals surface area contributed by atoms with Crippen molar-refractivity contribution in [2.45, 2.75) is 46.1 Å². The quantitative estimate of drug-likeness (QED) is 0.199. The van der Waals surface area contributed by atoms with Crippen LogP contribution in [0.5, 0.6) is 0 Å². The smallest absolute Gasteiger partial charge is 0.331 e. The van der Waals surface area contributed by atoms with Crippen LogP contribution in [0.2, 0.25) is 0 Å². The van der Waals surface area contributed by atoms with Gasteiger partial charge in [-0.1, -0.05) is 13.8 Å². The molecule has 0 saturated carbocycles. The van der Waals surface area contributed by atoms with Crippen LogP contribution >= 0.6 is 0 Å². The molecule has 0 heterocycles. The summed E-state index contributed by atoms with van der Waals surface area (Å²) in [6.07, 6.45) is 1.72. The Morgan fingerprint density at radius 2 is 1.95 bits per heavy atom. The molecule has 6 N–H and O–H groups in total. The highest BCUT2D eigenvalue weighted by Crippen LogP contribution is 2.10. The fraction of sp³-hybridized carbons (Fsp3) is 0.786. The van der Waals surface area contributed by atoms with Gasteiger partial charge in [0.25, 0.3) is 0 Å². The monoisotopic (exact) mass is 300 g/mol. The number of nitrogens with zero attached hydrogens (tertiary/aromatic N) is 1. The van der Waals surface area contributed by atoms with E-state index in [9.17, 15) is 9.59 Å². The summed E-state index contributed by atoms with van der Waals surface area (Å²) in [5, 5.41) is 3.18. The Morgan fingerprint density at radius 3 is 2.43 bits per heavy atom. The largest absolute Gasteiger partial charge is 0.338 e. The number of guanidine groups is 1. The summed E-state index contributed by atoms with van der Waals surface area (Å²) in [5.74, 6) is 0.187. The van der Waals surface area contributed by atoms with Crippen LogP contribution in [0, 0.1) is 0 Å². The van der Waals surface area contributed by atoms with Crippen LogP contribution < -0.4 is 21.8 Å². The van der Waals surface area contributed by atoms with Gasteiger partial charge >= 0.3 is 5.96 Å². The molecule has 21 heavy (non-hydrogen) atoms. The molecular formula is C14H30N5O2+. The molecule has 0 radical (unpaired) electrons. The summed E-state index contributed by atoms with van der Waals surface area (Å²) in [6.45, 7) is 8.02. The number of rotatable bonds is 11. The Bertz CT molecular complexity index is 353. The number of hydrogen-bond acceptors (Lipinski definition) is 3.